The molecule has 3 rings (SSSR count). The maximum atomic E-state index is 5.83. The van der Waals surface area contributed by atoms with Crippen molar-refractivity contribution in [1.82, 2.24) is 5.48 Å². The molecule has 0 radical (unpaired) electrons. The van der Waals surface area contributed by atoms with E-state index in [1.807, 2.05) is 0 Å². The Morgan fingerprint density at radius 1 is 1.20 bits per heavy atom. The Hall–Kier alpha value is -1.06. The highest BCUT2D eigenvalue weighted by Gasteiger charge is 2.37. The Labute approximate surface area is 89.3 Å². The van der Waals surface area contributed by atoms with E-state index >= 15 is 0 Å². The van der Waals surface area contributed by atoms with E-state index in [4.69, 9.17) is 9.57 Å². The number of hydroxylamine groups is 1. The highest BCUT2D eigenvalue weighted by Crippen LogP contribution is 2.41. The predicted octanol–water partition coefficient (Wildman–Crippen LogP) is 1.89. The standard InChI is InChI=1S/C12H15NO2/c1-7-3-4-8(2)12-10(7)11-9(5-14-12)6-15-13-11/h3-4,9,11,13H,5-6H2,1-2H3. The lowest BCUT2D eigenvalue weighted by atomic mass is 9.88. The molecular formula is C12H15NO2. The van der Waals surface area contributed by atoms with Crippen molar-refractivity contribution in [3.8, 4) is 5.75 Å². The van der Waals surface area contributed by atoms with E-state index in [-0.39, 0.29) is 0 Å². The van der Waals surface area contributed by atoms with Gasteiger partial charge in [0.25, 0.3) is 0 Å². The minimum atomic E-state index is 0.314. The van der Waals surface area contributed by atoms with Gasteiger partial charge in [0.15, 0.2) is 0 Å². The van der Waals surface area contributed by atoms with Gasteiger partial charge in [-0.2, -0.15) is 5.48 Å². The number of benzene rings is 1. The second kappa shape index (κ2) is 3.22. The summed E-state index contributed by atoms with van der Waals surface area (Å²) in [5, 5.41) is 0. The van der Waals surface area contributed by atoms with E-state index in [1.54, 1.807) is 0 Å². The van der Waals surface area contributed by atoms with Gasteiger partial charge in [-0.25, -0.2) is 0 Å². The molecular weight excluding hydrogens is 190 g/mol. The summed E-state index contributed by atoms with van der Waals surface area (Å²) >= 11 is 0. The molecule has 0 saturated carbocycles. The highest BCUT2D eigenvalue weighted by molar-refractivity contribution is 5.49. The first-order valence-electron chi connectivity index (χ1n) is 5.37. The summed E-state index contributed by atoms with van der Waals surface area (Å²) in [6.07, 6.45) is 0. The Morgan fingerprint density at radius 2 is 2.00 bits per heavy atom. The fourth-order valence-electron chi connectivity index (χ4n) is 2.45. The number of aryl methyl sites for hydroxylation is 2. The third-order valence-corrected chi connectivity index (χ3v) is 3.34. The molecule has 80 valence electrons. The maximum absolute atomic E-state index is 5.83. The molecule has 2 unspecified atom stereocenters. The first kappa shape index (κ1) is 9.19. The molecule has 0 aromatic heterocycles. The molecule has 0 bridgehead atoms. The molecule has 2 aliphatic rings. The van der Waals surface area contributed by atoms with Crippen molar-refractivity contribution in [1.29, 1.82) is 0 Å². The molecule has 15 heavy (non-hydrogen) atoms. The van der Waals surface area contributed by atoms with E-state index in [1.165, 1.54) is 16.7 Å². The zero-order valence-electron chi connectivity index (χ0n) is 9.04. The van der Waals surface area contributed by atoms with Crippen molar-refractivity contribution in [2.75, 3.05) is 13.2 Å². The lowest BCUT2D eigenvalue weighted by molar-refractivity contribution is 0.0861. The van der Waals surface area contributed by atoms with E-state index < -0.39 is 0 Å². The molecule has 2 atom stereocenters. The van der Waals surface area contributed by atoms with Crippen LogP contribution in [-0.4, -0.2) is 13.2 Å². The minimum absolute atomic E-state index is 0.314. The van der Waals surface area contributed by atoms with Crippen LogP contribution in [-0.2, 0) is 4.84 Å². The average molecular weight is 205 g/mol. The van der Waals surface area contributed by atoms with Gasteiger partial charge in [-0.3, -0.25) is 0 Å². The number of fused-ring (bicyclic) bond motifs is 3. The van der Waals surface area contributed by atoms with Gasteiger partial charge < -0.3 is 9.57 Å². The Balaban J connectivity index is 2.16. The van der Waals surface area contributed by atoms with E-state index in [2.05, 4.69) is 31.5 Å². The first-order chi connectivity index (χ1) is 7.27. The van der Waals surface area contributed by atoms with Gasteiger partial charge in [-0.1, -0.05) is 12.1 Å². The number of nitrogens with one attached hydrogen (secondary N) is 1. The van der Waals surface area contributed by atoms with Gasteiger partial charge in [0.2, 0.25) is 0 Å². The van der Waals surface area contributed by atoms with Crippen LogP contribution in [0.5, 0.6) is 5.75 Å². The van der Waals surface area contributed by atoms with Crippen LogP contribution in [0.4, 0.5) is 0 Å². The second-order valence-electron chi connectivity index (χ2n) is 4.42. The van der Waals surface area contributed by atoms with E-state index in [0.717, 1.165) is 19.0 Å². The Bertz CT molecular complexity index is 403. The molecule has 1 N–H and O–H groups in total. The van der Waals surface area contributed by atoms with E-state index in [0.29, 0.717) is 12.0 Å². The van der Waals surface area contributed by atoms with Crippen LogP contribution < -0.4 is 10.2 Å². The smallest absolute Gasteiger partial charge is 0.127 e. The highest BCUT2D eigenvalue weighted by atomic mass is 16.7. The van der Waals surface area contributed by atoms with Crippen LogP contribution in [0.15, 0.2) is 12.1 Å². The van der Waals surface area contributed by atoms with Gasteiger partial charge in [0.05, 0.1) is 19.3 Å². The van der Waals surface area contributed by atoms with Crippen molar-refractivity contribution in [3.05, 3.63) is 28.8 Å². The van der Waals surface area contributed by atoms with Gasteiger partial charge in [-0.05, 0) is 25.0 Å². The summed E-state index contributed by atoms with van der Waals surface area (Å²) in [5.41, 5.74) is 6.88. The van der Waals surface area contributed by atoms with Crippen molar-refractivity contribution in [2.24, 2.45) is 5.92 Å². The number of hydrogen-bond donors (Lipinski definition) is 1. The minimum Gasteiger partial charge on any atom is -0.492 e. The largest absolute Gasteiger partial charge is 0.492 e. The van der Waals surface area contributed by atoms with Crippen LogP contribution in [0.25, 0.3) is 0 Å². The van der Waals surface area contributed by atoms with Crippen LogP contribution in [0.3, 0.4) is 0 Å². The van der Waals surface area contributed by atoms with Crippen LogP contribution in [0.2, 0.25) is 0 Å². The molecule has 1 aromatic rings. The molecule has 3 heteroatoms. The quantitative estimate of drug-likeness (QED) is 0.701. The number of hydrogen-bond acceptors (Lipinski definition) is 3. The molecule has 1 aromatic carbocycles. The van der Waals surface area contributed by atoms with Gasteiger partial charge in [0.1, 0.15) is 5.75 Å². The third-order valence-electron chi connectivity index (χ3n) is 3.34. The fraction of sp³-hybridized carbons (Fsp3) is 0.500. The third kappa shape index (κ3) is 1.27. The Morgan fingerprint density at radius 3 is 2.87 bits per heavy atom. The normalized spacial score (nSPS) is 28.1. The number of ether oxygens (including phenoxy) is 1. The van der Waals surface area contributed by atoms with Gasteiger partial charge >= 0.3 is 0 Å². The van der Waals surface area contributed by atoms with Crippen molar-refractivity contribution >= 4 is 0 Å². The number of rotatable bonds is 0. The van der Waals surface area contributed by atoms with Crippen LogP contribution in [0, 0.1) is 19.8 Å². The lowest BCUT2D eigenvalue weighted by Gasteiger charge is -2.29. The van der Waals surface area contributed by atoms with Crippen LogP contribution in [0.1, 0.15) is 22.7 Å². The van der Waals surface area contributed by atoms with Crippen LogP contribution >= 0.6 is 0 Å². The van der Waals surface area contributed by atoms with Crippen molar-refractivity contribution in [3.63, 3.8) is 0 Å². The summed E-state index contributed by atoms with van der Waals surface area (Å²) in [5.74, 6) is 1.51. The van der Waals surface area contributed by atoms with Crippen molar-refractivity contribution in [2.45, 2.75) is 19.9 Å². The fourth-order valence-corrected chi connectivity index (χ4v) is 2.45. The summed E-state index contributed by atoms with van der Waals surface area (Å²) < 4.78 is 5.83. The zero-order chi connectivity index (χ0) is 10.4. The molecule has 1 fully saturated rings. The topological polar surface area (TPSA) is 30.5 Å². The second-order valence-corrected chi connectivity index (χ2v) is 4.42. The van der Waals surface area contributed by atoms with Gasteiger partial charge in [0, 0.05) is 11.5 Å². The average Bonchev–Trinajstić information content (AvgIpc) is 2.70. The summed E-state index contributed by atoms with van der Waals surface area (Å²) in [4.78, 5) is 5.31. The van der Waals surface area contributed by atoms with E-state index in [9.17, 15) is 0 Å². The zero-order valence-corrected chi connectivity index (χ0v) is 9.04. The molecule has 1 saturated heterocycles. The first-order valence-corrected chi connectivity index (χ1v) is 5.37. The SMILES string of the molecule is Cc1ccc(C)c2c1OCC1CONC21. The lowest BCUT2D eigenvalue weighted by Crippen LogP contribution is -2.29. The monoisotopic (exact) mass is 205 g/mol. The molecule has 0 amide bonds. The maximum Gasteiger partial charge on any atom is 0.127 e. The summed E-state index contributed by atoms with van der Waals surface area (Å²) in [7, 11) is 0. The van der Waals surface area contributed by atoms with Gasteiger partial charge in [-0.15, -0.1) is 0 Å². The molecule has 0 spiro atoms. The Kier molecular flexibility index (Phi) is 1.97. The molecule has 0 aliphatic carbocycles. The summed E-state index contributed by atoms with van der Waals surface area (Å²) in [6.45, 7) is 5.73. The molecule has 2 aliphatic heterocycles. The summed E-state index contributed by atoms with van der Waals surface area (Å²) in [6, 6.07) is 4.58. The predicted molar refractivity (Wildman–Crippen MR) is 56.7 cm³/mol. The molecule has 3 nitrogen and oxygen atoms in total. The molecule has 2 heterocycles. The van der Waals surface area contributed by atoms with Crippen molar-refractivity contribution < 1.29 is 9.57 Å².